The highest BCUT2D eigenvalue weighted by Crippen LogP contribution is 2.24. The predicted molar refractivity (Wildman–Crippen MR) is 141 cm³/mol. The third kappa shape index (κ3) is 13.6. The van der Waals surface area contributed by atoms with Gasteiger partial charge in [-0.2, -0.15) is 0 Å². The van der Waals surface area contributed by atoms with Crippen molar-refractivity contribution < 1.29 is 42.8 Å². The van der Waals surface area contributed by atoms with Gasteiger partial charge in [0.05, 0.1) is 12.5 Å². The summed E-state index contributed by atoms with van der Waals surface area (Å²) >= 11 is 0. The molecule has 0 fully saturated rings. The van der Waals surface area contributed by atoms with Gasteiger partial charge in [0.2, 0.25) is 0 Å². The Labute approximate surface area is 225 Å². The molecule has 0 radical (unpaired) electrons. The number of amides is 1. The maximum atomic E-state index is 13.2. The van der Waals surface area contributed by atoms with Gasteiger partial charge in [0.1, 0.15) is 41.4 Å². The van der Waals surface area contributed by atoms with Crippen molar-refractivity contribution in [3.05, 3.63) is 29.8 Å². The Kier molecular flexibility index (Phi) is 12.0. The number of carbonyl (C=O) groups excluding carboxylic acids is 3. The lowest BCUT2D eigenvalue weighted by Crippen LogP contribution is -2.48. The number of alkyl carbamates (subject to hydrolysis) is 1. The molecule has 9 nitrogen and oxygen atoms in total. The molecule has 1 rings (SSSR count). The molecule has 3 atom stereocenters. The lowest BCUT2D eigenvalue weighted by Gasteiger charge is -2.29. The van der Waals surface area contributed by atoms with Crippen LogP contribution in [0.15, 0.2) is 24.3 Å². The van der Waals surface area contributed by atoms with Crippen LogP contribution in [0.1, 0.15) is 74.3 Å². The molecule has 2 unspecified atom stereocenters. The minimum Gasteiger partial charge on any atom is -0.485 e. The average molecular weight is 542 g/mol. The second-order valence-electron chi connectivity index (χ2n) is 12.1. The number of hydrogen-bond donors (Lipinski definition) is 2. The van der Waals surface area contributed by atoms with Gasteiger partial charge in [-0.05, 0) is 92.9 Å². The number of nitrogens with one attached hydrogen (secondary N) is 1. The van der Waals surface area contributed by atoms with E-state index in [9.17, 15) is 18.8 Å². The van der Waals surface area contributed by atoms with Crippen LogP contribution in [0.5, 0.6) is 5.75 Å². The van der Waals surface area contributed by atoms with Crippen molar-refractivity contribution in [3.63, 3.8) is 0 Å². The lowest BCUT2D eigenvalue weighted by molar-refractivity contribution is -0.162. The van der Waals surface area contributed by atoms with E-state index < -0.39 is 66.2 Å². The molecule has 0 saturated carbocycles. The molecular weight excluding hydrogens is 497 g/mol. The Morgan fingerprint density at radius 1 is 0.842 bits per heavy atom. The maximum absolute atomic E-state index is 13.2. The monoisotopic (exact) mass is 541 g/mol. The number of alkyl halides is 1. The SMILES string of the molecule is CC(C)(C)OC(=O)N[C@@H](CC(Cc1ccc(OC(CO)CF)cc1)C(=O)OC(C)(C)C)C(=O)OC(C)(C)C. The number of halogens is 1. The zero-order valence-corrected chi connectivity index (χ0v) is 24.1. The minimum absolute atomic E-state index is 0.101. The molecule has 216 valence electrons. The van der Waals surface area contributed by atoms with Crippen LogP contribution in [0.3, 0.4) is 0 Å². The largest absolute Gasteiger partial charge is 0.485 e. The second-order valence-corrected chi connectivity index (χ2v) is 12.1. The summed E-state index contributed by atoms with van der Waals surface area (Å²) in [7, 11) is 0. The predicted octanol–water partition coefficient (Wildman–Crippen LogP) is 4.52. The summed E-state index contributed by atoms with van der Waals surface area (Å²) in [4.78, 5) is 38.8. The lowest BCUT2D eigenvalue weighted by atomic mass is 9.92. The molecule has 0 bridgehead atoms. The quantitative estimate of drug-likeness (QED) is 0.310. The molecule has 0 aliphatic rings. The van der Waals surface area contributed by atoms with Crippen molar-refractivity contribution in [3.8, 4) is 5.75 Å². The van der Waals surface area contributed by atoms with Crippen LogP contribution in [0, 0.1) is 5.92 Å². The van der Waals surface area contributed by atoms with Gasteiger partial charge in [0, 0.05) is 0 Å². The van der Waals surface area contributed by atoms with Crippen LogP contribution in [0.2, 0.25) is 0 Å². The van der Waals surface area contributed by atoms with E-state index in [1.165, 1.54) is 0 Å². The van der Waals surface area contributed by atoms with E-state index in [-0.39, 0.29) is 12.8 Å². The van der Waals surface area contributed by atoms with Crippen LogP contribution in [-0.4, -0.2) is 65.4 Å². The van der Waals surface area contributed by atoms with Crippen LogP contribution >= 0.6 is 0 Å². The van der Waals surface area contributed by atoms with Crippen molar-refractivity contribution in [1.29, 1.82) is 0 Å². The van der Waals surface area contributed by atoms with Gasteiger partial charge in [-0.25, -0.2) is 14.0 Å². The summed E-state index contributed by atoms with van der Waals surface area (Å²) in [6.45, 7) is 14.1. The molecule has 1 amide bonds. The zero-order valence-electron chi connectivity index (χ0n) is 24.1. The summed E-state index contributed by atoms with van der Waals surface area (Å²) in [5.74, 6) is -1.72. The van der Waals surface area contributed by atoms with Crippen LogP contribution in [0.25, 0.3) is 0 Å². The average Bonchev–Trinajstić information content (AvgIpc) is 2.73. The standard InChI is InChI=1S/C28H44FNO8/c1-26(2,3)36-23(32)19(14-18-10-12-20(13-11-18)35-21(16-29)17-31)15-22(24(33)37-27(4,5)6)30-25(34)38-28(7,8)9/h10-13,19,21-22,31H,14-17H2,1-9H3,(H,30,34)/t19?,21?,22-/m0/s1. The normalized spacial score (nSPS) is 14.6. The highest BCUT2D eigenvalue weighted by atomic mass is 19.1. The van der Waals surface area contributed by atoms with E-state index in [4.69, 9.17) is 24.1 Å². The van der Waals surface area contributed by atoms with Crippen LogP contribution < -0.4 is 10.1 Å². The molecule has 0 heterocycles. The van der Waals surface area contributed by atoms with Crippen molar-refractivity contribution in [1.82, 2.24) is 5.32 Å². The van der Waals surface area contributed by atoms with E-state index >= 15 is 0 Å². The van der Waals surface area contributed by atoms with Crippen molar-refractivity contribution in [2.24, 2.45) is 5.92 Å². The van der Waals surface area contributed by atoms with E-state index in [0.717, 1.165) is 0 Å². The number of benzene rings is 1. The van der Waals surface area contributed by atoms with Crippen LogP contribution in [0.4, 0.5) is 9.18 Å². The summed E-state index contributed by atoms with van der Waals surface area (Å²) in [5.41, 5.74) is -1.68. The molecule has 38 heavy (non-hydrogen) atoms. The Balaban J connectivity index is 3.23. The Bertz CT molecular complexity index is 909. The first-order valence-corrected chi connectivity index (χ1v) is 12.7. The number of aliphatic hydroxyl groups excluding tert-OH is 1. The fourth-order valence-corrected chi connectivity index (χ4v) is 3.27. The van der Waals surface area contributed by atoms with Crippen molar-refractivity contribution >= 4 is 18.0 Å². The summed E-state index contributed by atoms with van der Waals surface area (Å²) in [6.07, 6.45) is -1.71. The zero-order chi connectivity index (χ0) is 29.3. The van der Waals surface area contributed by atoms with Gasteiger partial charge in [0.25, 0.3) is 0 Å². The molecule has 0 saturated heterocycles. The summed E-state index contributed by atoms with van der Waals surface area (Å²) in [6, 6.07) is 5.42. The van der Waals surface area contributed by atoms with E-state index in [1.54, 1.807) is 86.6 Å². The first kappa shape index (κ1) is 33.1. The third-order valence-corrected chi connectivity index (χ3v) is 4.73. The molecule has 0 aliphatic carbocycles. The van der Waals surface area contributed by atoms with Crippen molar-refractivity contribution in [2.45, 2.75) is 104 Å². The fourth-order valence-electron chi connectivity index (χ4n) is 3.27. The summed E-state index contributed by atoms with van der Waals surface area (Å²) in [5, 5.41) is 11.7. The first-order valence-electron chi connectivity index (χ1n) is 12.7. The highest BCUT2D eigenvalue weighted by Gasteiger charge is 2.35. The Morgan fingerprint density at radius 2 is 1.34 bits per heavy atom. The third-order valence-electron chi connectivity index (χ3n) is 4.73. The molecule has 0 aliphatic heterocycles. The van der Waals surface area contributed by atoms with Gasteiger partial charge < -0.3 is 29.4 Å². The highest BCUT2D eigenvalue weighted by molar-refractivity contribution is 5.83. The first-order chi connectivity index (χ1) is 17.3. The summed E-state index contributed by atoms with van der Waals surface area (Å²) < 4.78 is 34.7. The molecule has 1 aromatic rings. The van der Waals surface area contributed by atoms with Gasteiger partial charge in [-0.3, -0.25) is 4.79 Å². The minimum atomic E-state index is -1.18. The topological polar surface area (TPSA) is 120 Å². The van der Waals surface area contributed by atoms with Gasteiger partial charge in [-0.15, -0.1) is 0 Å². The van der Waals surface area contributed by atoms with Gasteiger partial charge in [0.15, 0.2) is 0 Å². The number of hydrogen-bond acceptors (Lipinski definition) is 8. The Hall–Kier alpha value is -2.88. The number of ether oxygens (including phenoxy) is 4. The van der Waals surface area contributed by atoms with E-state index in [2.05, 4.69) is 5.32 Å². The number of rotatable bonds is 11. The second kappa shape index (κ2) is 13.8. The maximum Gasteiger partial charge on any atom is 0.408 e. The molecule has 10 heteroatoms. The van der Waals surface area contributed by atoms with Gasteiger partial charge >= 0.3 is 18.0 Å². The number of aliphatic hydroxyl groups is 1. The Morgan fingerprint density at radius 3 is 1.79 bits per heavy atom. The van der Waals surface area contributed by atoms with Gasteiger partial charge in [-0.1, -0.05) is 12.1 Å². The van der Waals surface area contributed by atoms with Crippen LogP contribution in [-0.2, 0) is 30.2 Å². The molecule has 0 aromatic heterocycles. The van der Waals surface area contributed by atoms with Crippen molar-refractivity contribution in [2.75, 3.05) is 13.3 Å². The molecule has 2 N–H and O–H groups in total. The van der Waals surface area contributed by atoms with E-state index in [1.807, 2.05) is 0 Å². The number of esters is 2. The fraction of sp³-hybridized carbons (Fsp3) is 0.679. The molecular formula is C28H44FNO8. The molecule has 1 aromatic carbocycles. The smallest absolute Gasteiger partial charge is 0.408 e. The number of carbonyl (C=O) groups is 3. The molecule has 0 spiro atoms. The van der Waals surface area contributed by atoms with E-state index in [0.29, 0.717) is 11.3 Å².